The highest BCUT2D eigenvalue weighted by molar-refractivity contribution is 5.91. The number of hydrogen-bond donors (Lipinski definition) is 1. The zero-order valence-corrected chi connectivity index (χ0v) is 15.5. The molecule has 0 unspecified atom stereocenters. The molecule has 3 rings (SSSR count). The predicted molar refractivity (Wildman–Crippen MR) is 105 cm³/mol. The van der Waals surface area contributed by atoms with E-state index in [-0.39, 0.29) is 5.91 Å². The molecular formula is C22H22N4O. The van der Waals surface area contributed by atoms with Crippen LogP contribution in [0.25, 0.3) is 0 Å². The van der Waals surface area contributed by atoms with E-state index in [0.717, 1.165) is 11.1 Å². The van der Waals surface area contributed by atoms with Crippen LogP contribution in [0.4, 0.5) is 5.82 Å². The number of carbonyl (C=O) groups is 1. The Kier molecular flexibility index (Phi) is 5.68. The van der Waals surface area contributed by atoms with E-state index >= 15 is 0 Å². The third-order valence-corrected chi connectivity index (χ3v) is 4.35. The molecule has 1 amide bonds. The van der Waals surface area contributed by atoms with Gasteiger partial charge in [0, 0.05) is 12.3 Å². The highest BCUT2D eigenvalue weighted by atomic mass is 16.1. The Hall–Kier alpha value is -3.39. The van der Waals surface area contributed by atoms with Gasteiger partial charge in [0.2, 0.25) is 5.91 Å². The first-order chi connectivity index (χ1) is 13.0. The summed E-state index contributed by atoms with van der Waals surface area (Å²) in [4.78, 5) is 12.2. The Morgan fingerprint density at radius 2 is 1.74 bits per heavy atom. The Bertz CT molecular complexity index is 947. The Balaban J connectivity index is 1.56. The van der Waals surface area contributed by atoms with Crippen LogP contribution in [0.5, 0.6) is 0 Å². The van der Waals surface area contributed by atoms with Gasteiger partial charge in [0.1, 0.15) is 0 Å². The van der Waals surface area contributed by atoms with Crippen LogP contribution in [0.15, 0.2) is 60.8 Å². The first-order valence-electron chi connectivity index (χ1n) is 8.94. The molecule has 5 heteroatoms. The molecule has 0 spiro atoms. The van der Waals surface area contributed by atoms with Crippen molar-refractivity contribution in [3.05, 3.63) is 83.0 Å². The van der Waals surface area contributed by atoms with Crippen LogP contribution in [0, 0.1) is 11.3 Å². The van der Waals surface area contributed by atoms with Crippen LogP contribution in [0.1, 0.15) is 42.0 Å². The monoisotopic (exact) mass is 358 g/mol. The summed E-state index contributed by atoms with van der Waals surface area (Å²) in [6.45, 7) is 4.88. The van der Waals surface area contributed by atoms with Crippen LogP contribution in [-0.4, -0.2) is 15.7 Å². The second-order valence-corrected chi connectivity index (χ2v) is 6.83. The number of benzene rings is 2. The topological polar surface area (TPSA) is 70.7 Å². The van der Waals surface area contributed by atoms with Crippen molar-refractivity contribution in [2.75, 3.05) is 5.32 Å². The molecule has 0 aliphatic carbocycles. The molecule has 136 valence electrons. The number of carbonyl (C=O) groups excluding carboxylic acids is 1. The van der Waals surface area contributed by atoms with Crippen molar-refractivity contribution in [3.63, 3.8) is 0 Å². The molecule has 3 aromatic rings. The van der Waals surface area contributed by atoms with E-state index in [9.17, 15) is 4.79 Å². The average molecular weight is 358 g/mol. The maximum Gasteiger partial charge on any atom is 0.229 e. The van der Waals surface area contributed by atoms with Crippen molar-refractivity contribution in [3.8, 4) is 6.07 Å². The largest absolute Gasteiger partial charge is 0.309 e. The van der Waals surface area contributed by atoms with E-state index in [1.165, 1.54) is 5.56 Å². The molecule has 0 saturated heterocycles. The Morgan fingerprint density at radius 1 is 1.07 bits per heavy atom. The smallest absolute Gasteiger partial charge is 0.229 e. The first kappa shape index (κ1) is 18.4. The third-order valence-electron chi connectivity index (χ3n) is 4.35. The van der Waals surface area contributed by atoms with Crippen molar-refractivity contribution in [2.24, 2.45) is 0 Å². The lowest BCUT2D eigenvalue weighted by atomic mass is 10.0. The molecule has 1 aromatic heterocycles. The van der Waals surface area contributed by atoms with Crippen molar-refractivity contribution in [1.82, 2.24) is 9.78 Å². The summed E-state index contributed by atoms with van der Waals surface area (Å²) < 4.78 is 1.76. The molecule has 0 radical (unpaired) electrons. The van der Waals surface area contributed by atoms with Gasteiger partial charge in [-0.05, 0) is 34.7 Å². The molecule has 27 heavy (non-hydrogen) atoms. The molecule has 0 aliphatic rings. The summed E-state index contributed by atoms with van der Waals surface area (Å²) in [6.07, 6.45) is 2.14. The van der Waals surface area contributed by atoms with Crippen LogP contribution >= 0.6 is 0 Å². The number of aromatic nitrogens is 2. The van der Waals surface area contributed by atoms with Gasteiger partial charge in [0.05, 0.1) is 24.6 Å². The standard InChI is InChI=1S/C22H22N4O/c1-16(2)20-9-7-17(8-10-20)13-22(27)24-21-11-12-26(25-21)15-19-5-3-18(14-23)4-6-19/h3-12,16H,13,15H2,1-2H3,(H,24,25,27). The van der Waals surface area contributed by atoms with Crippen LogP contribution < -0.4 is 5.32 Å². The van der Waals surface area contributed by atoms with Gasteiger partial charge in [0.15, 0.2) is 5.82 Å². The van der Waals surface area contributed by atoms with Crippen molar-refractivity contribution >= 4 is 11.7 Å². The van der Waals surface area contributed by atoms with Gasteiger partial charge >= 0.3 is 0 Å². The van der Waals surface area contributed by atoms with Gasteiger partial charge in [-0.15, -0.1) is 0 Å². The predicted octanol–water partition coefficient (Wildman–Crippen LogP) is 4.11. The van der Waals surface area contributed by atoms with Gasteiger partial charge in [-0.3, -0.25) is 9.48 Å². The Morgan fingerprint density at radius 3 is 2.37 bits per heavy atom. The summed E-state index contributed by atoms with van der Waals surface area (Å²) in [7, 11) is 0. The van der Waals surface area contributed by atoms with Crippen molar-refractivity contribution < 1.29 is 4.79 Å². The molecule has 2 aromatic carbocycles. The SMILES string of the molecule is CC(C)c1ccc(CC(=O)Nc2ccn(Cc3ccc(C#N)cc3)n2)cc1. The fraction of sp³-hybridized carbons (Fsp3) is 0.227. The molecule has 1 N–H and O–H groups in total. The summed E-state index contributed by atoms with van der Waals surface area (Å²) in [5, 5.41) is 16.1. The zero-order valence-electron chi connectivity index (χ0n) is 15.5. The number of nitriles is 1. The minimum Gasteiger partial charge on any atom is -0.309 e. The summed E-state index contributed by atoms with van der Waals surface area (Å²) in [6, 6.07) is 19.4. The lowest BCUT2D eigenvalue weighted by Crippen LogP contribution is -2.15. The van der Waals surface area contributed by atoms with E-state index in [1.807, 2.05) is 30.5 Å². The molecule has 1 heterocycles. The first-order valence-corrected chi connectivity index (χ1v) is 8.94. The maximum absolute atomic E-state index is 12.2. The summed E-state index contributed by atoms with van der Waals surface area (Å²) in [5.74, 6) is 0.927. The molecule has 0 aliphatic heterocycles. The molecular weight excluding hydrogens is 336 g/mol. The summed E-state index contributed by atoms with van der Waals surface area (Å²) in [5.41, 5.74) is 3.92. The highest BCUT2D eigenvalue weighted by Gasteiger charge is 2.08. The highest BCUT2D eigenvalue weighted by Crippen LogP contribution is 2.15. The lowest BCUT2D eigenvalue weighted by Gasteiger charge is -2.07. The number of amides is 1. The molecule has 0 bridgehead atoms. The van der Waals surface area contributed by atoms with Gasteiger partial charge in [-0.25, -0.2) is 0 Å². The quantitative estimate of drug-likeness (QED) is 0.721. The second-order valence-electron chi connectivity index (χ2n) is 6.83. The minimum absolute atomic E-state index is 0.0871. The van der Waals surface area contributed by atoms with E-state index < -0.39 is 0 Å². The molecule has 0 saturated carbocycles. The fourth-order valence-electron chi connectivity index (χ4n) is 2.78. The average Bonchev–Trinajstić information content (AvgIpc) is 3.09. The number of nitrogens with one attached hydrogen (secondary N) is 1. The van der Waals surface area contributed by atoms with Gasteiger partial charge < -0.3 is 5.32 Å². The lowest BCUT2D eigenvalue weighted by molar-refractivity contribution is -0.115. The van der Waals surface area contributed by atoms with Gasteiger partial charge in [-0.2, -0.15) is 10.4 Å². The van der Waals surface area contributed by atoms with Crippen LogP contribution in [0.2, 0.25) is 0 Å². The molecule has 5 nitrogen and oxygen atoms in total. The Labute approximate surface area is 159 Å². The van der Waals surface area contributed by atoms with E-state index in [4.69, 9.17) is 5.26 Å². The number of nitrogens with zero attached hydrogens (tertiary/aromatic N) is 3. The second kappa shape index (κ2) is 8.33. The number of hydrogen-bond acceptors (Lipinski definition) is 3. The summed E-state index contributed by atoms with van der Waals surface area (Å²) >= 11 is 0. The number of rotatable bonds is 6. The number of anilines is 1. The van der Waals surface area contributed by atoms with E-state index in [1.54, 1.807) is 22.9 Å². The third kappa shape index (κ3) is 5.05. The molecule has 0 atom stereocenters. The fourth-order valence-corrected chi connectivity index (χ4v) is 2.78. The minimum atomic E-state index is -0.0871. The maximum atomic E-state index is 12.2. The molecule has 0 fully saturated rings. The van der Waals surface area contributed by atoms with Crippen molar-refractivity contribution in [2.45, 2.75) is 32.7 Å². The van der Waals surface area contributed by atoms with E-state index in [0.29, 0.717) is 30.3 Å². The van der Waals surface area contributed by atoms with Crippen molar-refractivity contribution in [1.29, 1.82) is 5.26 Å². The zero-order chi connectivity index (χ0) is 19.2. The van der Waals surface area contributed by atoms with Gasteiger partial charge in [0.25, 0.3) is 0 Å². The van der Waals surface area contributed by atoms with Gasteiger partial charge in [-0.1, -0.05) is 50.2 Å². The van der Waals surface area contributed by atoms with E-state index in [2.05, 4.69) is 42.5 Å². The van der Waals surface area contributed by atoms with Crippen LogP contribution in [0.3, 0.4) is 0 Å². The normalized spacial score (nSPS) is 10.6. The van der Waals surface area contributed by atoms with Crippen LogP contribution in [-0.2, 0) is 17.8 Å².